The van der Waals surface area contributed by atoms with Crippen molar-refractivity contribution >= 4 is 40.2 Å². The summed E-state index contributed by atoms with van der Waals surface area (Å²) in [6.07, 6.45) is 1.75. The summed E-state index contributed by atoms with van der Waals surface area (Å²) in [6.45, 7) is 4.15. The van der Waals surface area contributed by atoms with E-state index in [1.54, 1.807) is 12.3 Å². The highest BCUT2D eigenvalue weighted by atomic mass is 32.2. The van der Waals surface area contributed by atoms with Gasteiger partial charge in [-0.1, -0.05) is 0 Å². The molecule has 8 nitrogen and oxygen atoms in total. The monoisotopic (exact) mass is 425 g/mol. The third-order valence-corrected chi connectivity index (χ3v) is 6.34. The van der Waals surface area contributed by atoms with E-state index in [1.807, 2.05) is 25.1 Å². The van der Waals surface area contributed by atoms with Crippen LogP contribution in [0, 0.1) is 11.3 Å². The van der Waals surface area contributed by atoms with Crippen LogP contribution in [-0.2, 0) is 9.53 Å². The number of benzene rings is 1. The molecule has 30 heavy (non-hydrogen) atoms. The highest BCUT2D eigenvalue weighted by molar-refractivity contribution is 7.99. The van der Waals surface area contributed by atoms with Crippen LogP contribution in [0.15, 0.2) is 30.5 Å². The zero-order valence-corrected chi connectivity index (χ0v) is 17.5. The van der Waals surface area contributed by atoms with Gasteiger partial charge in [-0.15, -0.1) is 11.8 Å². The molecule has 156 valence electrons. The lowest BCUT2D eigenvalue weighted by atomic mass is 10.1. The van der Waals surface area contributed by atoms with Crippen molar-refractivity contribution in [1.82, 2.24) is 15.2 Å². The van der Waals surface area contributed by atoms with E-state index in [0.717, 1.165) is 29.7 Å². The van der Waals surface area contributed by atoms with Gasteiger partial charge in [-0.05, 0) is 31.2 Å². The fourth-order valence-electron chi connectivity index (χ4n) is 3.73. The number of hydrogen-bond acceptors (Lipinski definition) is 7. The van der Waals surface area contributed by atoms with Crippen LogP contribution in [-0.4, -0.2) is 71.7 Å². The van der Waals surface area contributed by atoms with E-state index in [2.05, 4.69) is 21.3 Å². The van der Waals surface area contributed by atoms with Gasteiger partial charge in [0.1, 0.15) is 6.04 Å². The van der Waals surface area contributed by atoms with Crippen LogP contribution < -0.4 is 10.2 Å². The summed E-state index contributed by atoms with van der Waals surface area (Å²) in [5.74, 6) is 0.505. The molecule has 2 aliphatic heterocycles. The Balaban J connectivity index is 1.51. The molecule has 0 bridgehead atoms. The average Bonchev–Trinajstić information content (AvgIpc) is 3.25. The summed E-state index contributed by atoms with van der Waals surface area (Å²) >= 11 is 1.54. The van der Waals surface area contributed by atoms with E-state index in [0.29, 0.717) is 23.8 Å². The molecule has 9 heteroatoms. The molecule has 3 heterocycles. The summed E-state index contributed by atoms with van der Waals surface area (Å²) in [5, 5.41) is 12.6. The van der Waals surface area contributed by atoms with Crippen LogP contribution in [0.5, 0.6) is 0 Å². The highest BCUT2D eigenvalue weighted by Crippen LogP contribution is 2.25. The van der Waals surface area contributed by atoms with Crippen molar-refractivity contribution in [3.8, 4) is 6.07 Å². The van der Waals surface area contributed by atoms with Crippen LogP contribution in [0.2, 0.25) is 0 Å². The van der Waals surface area contributed by atoms with E-state index in [4.69, 9.17) is 10.00 Å². The lowest BCUT2D eigenvalue weighted by molar-refractivity contribution is -0.129. The molecule has 2 saturated heterocycles. The fraction of sp³-hybridized carbons (Fsp3) is 0.429. The molecule has 1 aromatic heterocycles. The lowest BCUT2D eigenvalue weighted by Gasteiger charge is -2.33. The van der Waals surface area contributed by atoms with E-state index in [1.165, 1.54) is 16.7 Å². The Hall–Kier alpha value is -2.83. The number of aromatic nitrogens is 1. The second kappa shape index (κ2) is 8.90. The Morgan fingerprint density at radius 3 is 3.07 bits per heavy atom. The van der Waals surface area contributed by atoms with Crippen molar-refractivity contribution in [1.29, 1.82) is 5.26 Å². The molecule has 0 spiro atoms. The van der Waals surface area contributed by atoms with Crippen LogP contribution >= 0.6 is 11.8 Å². The second-order valence-electron chi connectivity index (χ2n) is 7.38. The van der Waals surface area contributed by atoms with Crippen LogP contribution in [0.25, 0.3) is 10.9 Å². The number of nitriles is 1. The molecule has 2 atom stereocenters. The molecule has 2 aromatic rings. The van der Waals surface area contributed by atoms with Crippen LogP contribution in [0.1, 0.15) is 17.3 Å². The minimum absolute atomic E-state index is 0.137. The maximum absolute atomic E-state index is 12.9. The maximum atomic E-state index is 12.9. The second-order valence-corrected chi connectivity index (χ2v) is 8.38. The minimum Gasteiger partial charge on any atom is -0.375 e. The maximum Gasteiger partial charge on any atom is 0.252 e. The van der Waals surface area contributed by atoms with Crippen molar-refractivity contribution in [2.45, 2.75) is 19.1 Å². The predicted molar refractivity (Wildman–Crippen MR) is 115 cm³/mol. The Morgan fingerprint density at radius 1 is 1.40 bits per heavy atom. The average molecular weight is 426 g/mol. The number of thioether (sulfide) groups is 1. The number of carbonyl (C=O) groups excluding carboxylic acids is 2. The summed E-state index contributed by atoms with van der Waals surface area (Å²) < 4.78 is 5.62. The van der Waals surface area contributed by atoms with Gasteiger partial charge in [-0.25, -0.2) is 0 Å². The number of nitrogens with one attached hydrogen (secondary N) is 1. The zero-order valence-electron chi connectivity index (χ0n) is 16.7. The number of fused-ring (bicyclic) bond motifs is 1. The van der Waals surface area contributed by atoms with Crippen LogP contribution in [0.3, 0.4) is 0 Å². The summed E-state index contributed by atoms with van der Waals surface area (Å²) in [4.78, 5) is 33.4. The Kier molecular flexibility index (Phi) is 6.06. The van der Waals surface area contributed by atoms with Gasteiger partial charge in [-0.3, -0.25) is 14.6 Å². The standard InChI is InChI=1S/C21H23N5O3S/c1-14-11-25(6-7-29-14)15-2-3-19-18(8-15)17(4-5-23-19)21(28)24-10-20(27)26-13-30-12-16(26)9-22/h2-5,8,14,16H,6-7,10-13H2,1H3,(H,24,28)/t14-,16-/m1/s1. The van der Waals surface area contributed by atoms with Crippen molar-refractivity contribution in [3.63, 3.8) is 0 Å². The predicted octanol–water partition coefficient (Wildman–Crippen LogP) is 1.61. The van der Waals surface area contributed by atoms with Gasteiger partial charge in [0, 0.05) is 36.1 Å². The summed E-state index contributed by atoms with van der Waals surface area (Å²) in [6, 6.07) is 9.25. The first-order chi connectivity index (χ1) is 14.6. The summed E-state index contributed by atoms with van der Waals surface area (Å²) in [5.41, 5.74) is 2.21. The Labute approximate surface area is 179 Å². The van der Waals surface area contributed by atoms with Crippen molar-refractivity contribution in [2.24, 2.45) is 0 Å². The van der Waals surface area contributed by atoms with Crippen LogP contribution in [0.4, 0.5) is 5.69 Å². The third-order valence-electron chi connectivity index (χ3n) is 5.33. The SMILES string of the molecule is C[C@@H]1CN(c2ccc3nccc(C(=O)NCC(=O)N4CSC[C@H]4C#N)c3c2)CCO1. The summed E-state index contributed by atoms with van der Waals surface area (Å²) in [7, 11) is 0. The van der Waals surface area contributed by atoms with Gasteiger partial charge in [0.05, 0.1) is 42.3 Å². The smallest absolute Gasteiger partial charge is 0.252 e. The van der Waals surface area contributed by atoms with E-state index < -0.39 is 6.04 Å². The van der Waals surface area contributed by atoms with Gasteiger partial charge in [0.2, 0.25) is 5.91 Å². The zero-order chi connectivity index (χ0) is 21.1. The van der Waals surface area contributed by atoms with E-state index >= 15 is 0 Å². The third kappa shape index (κ3) is 4.20. The fourth-order valence-corrected chi connectivity index (χ4v) is 4.83. The van der Waals surface area contributed by atoms with Crippen molar-refractivity contribution in [2.75, 3.05) is 42.8 Å². The number of pyridine rings is 1. The van der Waals surface area contributed by atoms with E-state index in [9.17, 15) is 9.59 Å². The molecule has 1 N–H and O–H groups in total. The molecule has 2 amide bonds. The van der Waals surface area contributed by atoms with Gasteiger partial charge in [-0.2, -0.15) is 5.26 Å². The highest BCUT2D eigenvalue weighted by Gasteiger charge is 2.29. The van der Waals surface area contributed by atoms with Gasteiger partial charge in [0.25, 0.3) is 5.91 Å². The number of hydrogen-bond donors (Lipinski definition) is 1. The molecule has 0 unspecified atom stereocenters. The Morgan fingerprint density at radius 2 is 2.27 bits per heavy atom. The number of nitrogens with zero attached hydrogens (tertiary/aromatic N) is 4. The molecule has 0 aliphatic carbocycles. The number of rotatable bonds is 4. The molecule has 4 rings (SSSR count). The number of amides is 2. The molecule has 2 aliphatic rings. The quantitative estimate of drug-likeness (QED) is 0.795. The van der Waals surface area contributed by atoms with Crippen molar-refractivity contribution < 1.29 is 14.3 Å². The van der Waals surface area contributed by atoms with Gasteiger partial charge >= 0.3 is 0 Å². The molecular weight excluding hydrogens is 402 g/mol. The van der Waals surface area contributed by atoms with Gasteiger partial charge in [0.15, 0.2) is 0 Å². The topological polar surface area (TPSA) is 98.6 Å². The van der Waals surface area contributed by atoms with Crippen molar-refractivity contribution in [3.05, 3.63) is 36.0 Å². The Bertz CT molecular complexity index is 1010. The molecule has 1 aromatic carbocycles. The first kappa shape index (κ1) is 20.4. The molecule has 0 saturated carbocycles. The van der Waals surface area contributed by atoms with Gasteiger partial charge < -0.3 is 19.9 Å². The first-order valence-corrected chi connectivity index (χ1v) is 11.0. The number of anilines is 1. The molecule has 0 radical (unpaired) electrons. The largest absolute Gasteiger partial charge is 0.375 e. The minimum atomic E-state index is -0.431. The van der Waals surface area contributed by atoms with E-state index in [-0.39, 0.29) is 24.5 Å². The first-order valence-electron chi connectivity index (χ1n) is 9.87. The normalized spacial score (nSPS) is 21.5. The molecule has 2 fully saturated rings. The number of morpholine rings is 1. The molecular formula is C21H23N5O3S. The number of carbonyl (C=O) groups is 2. The lowest BCUT2D eigenvalue weighted by Crippen LogP contribution is -2.42. The number of ether oxygens (including phenoxy) is 1.